The Morgan fingerprint density at radius 1 is 1.20 bits per heavy atom. The van der Waals surface area contributed by atoms with Gasteiger partial charge in [0, 0.05) is 52.2 Å². The van der Waals surface area contributed by atoms with E-state index in [0.29, 0.717) is 0 Å². The molecule has 111 valence electrons. The summed E-state index contributed by atoms with van der Waals surface area (Å²) < 4.78 is 15.5. The van der Waals surface area contributed by atoms with E-state index in [2.05, 4.69) is 0 Å². The molecule has 0 aliphatic carbocycles. The first-order valence-corrected chi connectivity index (χ1v) is 6.21. The molecule has 0 N–H and O–H groups in total. The second-order valence-electron chi connectivity index (χ2n) is 4.53. The molecule has 1 heterocycles. The van der Waals surface area contributed by atoms with Crippen molar-refractivity contribution in [3.63, 3.8) is 0 Å². The molecule has 6 nitrogen and oxygen atoms in total. The van der Waals surface area contributed by atoms with Crippen LogP contribution >= 0.6 is 0 Å². The second kappa shape index (κ2) is 9.58. The van der Waals surface area contributed by atoms with Crippen molar-refractivity contribution in [2.45, 2.75) is 51.9 Å². The van der Waals surface area contributed by atoms with Gasteiger partial charge >= 0.3 is 11.9 Å². The molecule has 1 unspecified atom stereocenters. The zero-order valence-electron chi connectivity index (χ0n) is 12.0. The fourth-order valence-corrected chi connectivity index (χ4v) is 1.73. The summed E-state index contributed by atoms with van der Waals surface area (Å²) in [5.41, 5.74) is 0. The van der Waals surface area contributed by atoms with Gasteiger partial charge in [-0.3, -0.25) is 16.0 Å². The minimum absolute atomic E-state index is 0. The molecule has 7 heteroatoms. The van der Waals surface area contributed by atoms with Crippen LogP contribution in [0.15, 0.2) is 0 Å². The summed E-state index contributed by atoms with van der Waals surface area (Å²) in [4.78, 5) is 33.1. The average molecular weight is 360 g/mol. The van der Waals surface area contributed by atoms with E-state index in [0.717, 1.165) is 0 Å². The molecule has 0 aromatic carbocycles. The third kappa shape index (κ3) is 7.45. The van der Waals surface area contributed by atoms with Crippen LogP contribution in [0.4, 0.5) is 0 Å². The van der Waals surface area contributed by atoms with Gasteiger partial charge in [0.15, 0.2) is 0 Å². The van der Waals surface area contributed by atoms with Gasteiger partial charge in [-0.2, -0.15) is 0 Å². The minimum atomic E-state index is -0.547. The number of rotatable bonds is 6. The van der Waals surface area contributed by atoms with Crippen LogP contribution in [-0.4, -0.2) is 42.6 Å². The largest absolute Gasteiger partial charge is 0.492 e. The van der Waals surface area contributed by atoms with Gasteiger partial charge in [0.05, 0.1) is 12.5 Å². The molecule has 0 amide bonds. The first kappa shape index (κ1) is 19.7. The smallest absolute Gasteiger partial charge is 0.303 e. The Morgan fingerprint density at radius 3 is 2.40 bits per heavy atom. The first-order chi connectivity index (χ1) is 8.88. The summed E-state index contributed by atoms with van der Waals surface area (Å²) >= 11 is 0. The Bertz CT molecular complexity index is 357. The van der Waals surface area contributed by atoms with Crippen molar-refractivity contribution in [1.82, 2.24) is 0 Å². The maximum Gasteiger partial charge on any atom is 0.303 e. The number of ether oxygens (including phenoxy) is 3. The van der Waals surface area contributed by atoms with E-state index < -0.39 is 24.1 Å². The molecule has 1 rings (SSSR count). The monoisotopic (exact) mass is 360 g/mol. The molecular formula is C13H19O6Y-. The van der Waals surface area contributed by atoms with E-state index in [-0.39, 0.29) is 64.0 Å². The summed E-state index contributed by atoms with van der Waals surface area (Å²) in [6, 6.07) is 0. The SMILES string of the molecule is CC(=O)CCC(=O)OC1[CH-][C@H](C)O[C@@H]1COC(C)=O.[Y]. The molecular weight excluding hydrogens is 341 g/mol. The van der Waals surface area contributed by atoms with E-state index in [4.69, 9.17) is 14.2 Å². The molecule has 1 saturated heterocycles. The molecule has 0 saturated carbocycles. The van der Waals surface area contributed by atoms with Crippen LogP contribution in [0.25, 0.3) is 0 Å². The van der Waals surface area contributed by atoms with Crippen molar-refractivity contribution in [2.24, 2.45) is 0 Å². The molecule has 1 fully saturated rings. The molecule has 1 aliphatic heterocycles. The Hall–Kier alpha value is -0.326. The molecule has 0 spiro atoms. The fraction of sp³-hybridized carbons (Fsp3) is 0.692. The molecule has 3 atom stereocenters. The summed E-state index contributed by atoms with van der Waals surface area (Å²) in [5.74, 6) is -0.930. The summed E-state index contributed by atoms with van der Waals surface area (Å²) in [6.45, 7) is 4.57. The van der Waals surface area contributed by atoms with Crippen LogP contribution in [-0.2, 0) is 61.3 Å². The Kier molecular flexibility index (Phi) is 9.43. The van der Waals surface area contributed by atoms with Gasteiger partial charge in [-0.15, -0.1) is 0 Å². The zero-order valence-corrected chi connectivity index (χ0v) is 14.8. The number of carbonyl (C=O) groups excluding carboxylic acids is 3. The molecule has 0 aromatic rings. The van der Waals surface area contributed by atoms with E-state index in [1.165, 1.54) is 13.8 Å². The van der Waals surface area contributed by atoms with Crippen molar-refractivity contribution in [3.8, 4) is 0 Å². The third-order valence-corrected chi connectivity index (χ3v) is 2.62. The molecule has 1 radical (unpaired) electrons. The van der Waals surface area contributed by atoms with Crippen LogP contribution in [0.2, 0.25) is 0 Å². The van der Waals surface area contributed by atoms with Crippen LogP contribution in [0, 0.1) is 6.42 Å². The van der Waals surface area contributed by atoms with Crippen LogP contribution < -0.4 is 0 Å². The minimum Gasteiger partial charge on any atom is -0.492 e. The predicted molar refractivity (Wildman–Crippen MR) is 65.1 cm³/mol. The van der Waals surface area contributed by atoms with Crippen LogP contribution in [0.5, 0.6) is 0 Å². The maximum absolute atomic E-state index is 11.5. The van der Waals surface area contributed by atoms with Gasteiger partial charge in [0.2, 0.25) is 0 Å². The van der Waals surface area contributed by atoms with Gasteiger partial charge in [-0.1, -0.05) is 13.0 Å². The molecule has 1 aliphatic rings. The number of hydrogen-bond donors (Lipinski definition) is 0. The van der Waals surface area contributed by atoms with E-state index in [1.807, 2.05) is 6.92 Å². The van der Waals surface area contributed by atoms with E-state index in [1.54, 1.807) is 6.42 Å². The summed E-state index contributed by atoms with van der Waals surface area (Å²) in [7, 11) is 0. The quantitative estimate of drug-likeness (QED) is 0.516. The van der Waals surface area contributed by atoms with Gasteiger partial charge in [-0.25, -0.2) is 0 Å². The first-order valence-electron chi connectivity index (χ1n) is 6.21. The number of ketones is 1. The fourth-order valence-electron chi connectivity index (χ4n) is 1.73. The van der Waals surface area contributed by atoms with Gasteiger partial charge < -0.3 is 19.0 Å². The van der Waals surface area contributed by atoms with Crippen LogP contribution in [0.3, 0.4) is 0 Å². The van der Waals surface area contributed by atoms with Crippen molar-refractivity contribution in [1.29, 1.82) is 0 Å². The third-order valence-electron chi connectivity index (χ3n) is 2.62. The number of esters is 2. The van der Waals surface area contributed by atoms with E-state index in [9.17, 15) is 14.4 Å². The normalized spacial score (nSPS) is 24.6. The molecule has 0 bridgehead atoms. The number of hydrogen-bond acceptors (Lipinski definition) is 6. The maximum atomic E-state index is 11.5. The van der Waals surface area contributed by atoms with Crippen LogP contribution in [0.1, 0.15) is 33.6 Å². The number of Topliss-reactive ketones (excluding diaryl/α,β-unsaturated/α-hetero) is 1. The van der Waals surface area contributed by atoms with Crippen molar-refractivity contribution in [2.75, 3.05) is 6.61 Å². The second-order valence-corrected chi connectivity index (χ2v) is 4.53. The van der Waals surface area contributed by atoms with Gasteiger partial charge in [0.25, 0.3) is 0 Å². The zero-order chi connectivity index (χ0) is 14.4. The number of carbonyl (C=O) groups is 3. The average Bonchev–Trinajstić information content (AvgIpc) is 2.64. The van der Waals surface area contributed by atoms with E-state index >= 15 is 0 Å². The topological polar surface area (TPSA) is 78.9 Å². The molecule has 0 aromatic heterocycles. The van der Waals surface area contributed by atoms with Crippen molar-refractivity contribution < 1.29 is 61.3 Å². The Labute approximate surface area is 143 Å². The summed E-state index contributed by atoms with van der Waals surface area (Å²) in [5, 5.41) is 0. The predicted octanol–water partition coefficient (Wildman–Crippen LogP) is 0.820. The van der Waals surface area contributed by atoms with Gasteiger partial charge in [-0.05, 0) is 6.92 Å². The molecule has 20 heavy (non-hydrogen) atoms. The Balaban J connectivity index is 0.00000361. The summed E-state index contributed by atoms with van der Waals surface area (Å²) in [6.07, 6.45) is 0.741. The van der Waals surface area contributed by atoms with Gasteiger partial charge in [0.1, 0.15) is 12.4 Å². The Morgan fingerprint density at radius 2 is 1.85 bits per heavy atom. The van der Waals surface area contributed by atoms with Crippen molar-refractivity contribution >= 4 is 17.7 Å². The van der Waals surface area contributed by atoms with Crippen molar-refractivity contribution in [3.05, 3.63) is 6.42 Å². The standard InChI is InChI=1S/C13H19O6.Y/c1-8(14)4-5-13(16)19-11-6-9(2)18-12(11)7-17-10(3)15;/h6,9,11-12H,4-5,7H2,1-3H3;/q-1;/t9-,11?,12+;/m0./s1.